The maximum absolute atomic E-state index is 10.8. The van der Waals surface area contributed by atoms with E-state index in [-0.39, 0.29) is 5.69 Å². The lowest BCUT2D eigenvalue weighted by Crippen LogP contribution is -2.28. The van der Waals surface area contributed by atoms with Gasteiger partial charge in [0.1, 0.15) is 5.69 Å². The summed E-state index contributed by atoms with van der Waals surface area (Å²) in [4.78, 5) is 10.4. The van der Waals surface area contributed by atoms with Gasteiger partial charge in [-0.15, -0.1) is 0 Å². The Hall–Kier alpha value is -1.69. The molecule has 0 aliphatic heterocycles. The predicted molar refractivity (Wildman–Crippen MR) is 67.7 cm³/mol. The third kappa shape index (κ3) is 2.90. The number of benzene rings is 1. The van der Waals surface area contributed by atoms with Gasteiger partial charge in [0.05, 0.1) is 4.92 Å². The molecule has 0 bridgehead atoms. The van der Waals surface area contributed by atoms with Crippen molar-refractivity contribution in [1.82, 2.24) is 5.32 Å². The summed E-state index contributed by atoms with van der Waals surface area (Å²) in [5, 5.41) is 16.9. The largest absolute Gasteiger partial charge is 0.363 e. The Morgan fingerprint density at radius 3 is 2.81 bits per heavy atom. The summed E-state index contributed by atoms with van der Waals surface area (Å²) < 4.78 is 0. The molecule has 0 aliphatic carbocycles. The van der Waals surface area contributed by atoms with Gasteiger partial charge < -0.3 is 10.6 Å². The van der Waals surface area contributed by atoms with E-state index in [0.717, 1.165) is 5.56 Å². The minimum Gasteiger partial charge on any atom is -0.363 e. The highest BCUT2D eigenvalue weighted by Crippen LogP contribution is 2.27. The van der Waals surface area contributed by atoms with E-state index in [2.05, 4.69) is 10.6 Å². The maximum Gasteiger partial charge on any atom is 0.293 e. The topological polar surface area (TPSA) is 67.2 Å². The number of para-hydroxylation sites is 1. The van der Waals surface area contributed by atoms with Crippen molar-refractivity contribution in [3.05, 3.63) is 33.9 Å². The van der Waals surface area contributed by atoms with Crippen molar-refractivity contribution in [3.8, 4) is 0 Å². The van der Waals surface area contributed by atoms with E-state index in [0.29, 0.717) is 17.3 Å². The van der Waals surface area contributed by atoms with Crippen LogP contribution in [0.5, 0.6) is 0 Å². The quantitative estimate of drug-likeness (QED) is 0.481. The highest BCUT2D eigenvalue weighted by Gasteiger charge is 2.15. The van der Waals surface area contributed by atoms with Crippen molar-refractivity contribution in [2.24, 2.45) is 0 Å². The fourth-order valence-electron chi connectivity index (χ4n) is 1.29. The lowest BCUT2D eigenvalue weighted by molar-refractivity contribution is -0.383. The number of rotatable bonds is 3. The van der Waals surface area contributed by atoms with E-state index in [1.165, 1.54) is 6.07 Å². The molecule has 0 aliphatic rings. The number of nitrogens with one attached hydrogen (secondary N) is 2. The highest BCUT2D eigenvalue weighted by atomic mass is 32.1. The molecule has 5 nitrogen and oxygen atoms in total. The molecule has 0 unspecified atom stereocenters. The van der Waals surface area contributed by atoms with Crippen molar-refractivity contribution in [2.75, 3.05) is 11.9 Å². The van der Waals surface area contributed by atoms with Crippen LogP contribution in [-0.2, 0) is 0 Å². The van der Waals surface area contributed by atoms with E-state index in [4.69, 9.17) is 12.2 Å². The number of aryl methyl sites for hydroxylation is 1. The van der Waals surface area contributed by atoms with Gasteiger partial charge in [-0.2, -0.15) is 0 Å². The molecule has 16 heavy (non-hydrogen) atoms. The zero-order valence-corrected chi connectivity index (χ0v) is 9.93. The summed E-state index contributed by atoms with van der Waals surface area (Å²) in [7, 11) is 0. The third-order valence-electron chi connectivity index (χ3n) is 2.02. The molecule has 0 saturated carbocycles. The first kappa shape index (κ1) is 12.4. The molecule has 0 fully saturated rings. The van der Waals surface area contributed by atoms with Gasteiger partial charge in [-0.05, 0) is 31.6 Å². The van der Waals surface area contributed by atoms with Crippen molar-refractivity contribution >= 4 is 28.7 Å². The van der Waals surface area contributed by atoms with E-state index in [1.807, 2.05) is 6.92 Å². The van der Waals surface area contributed by atoms with Crippen LogP contribution in [0.2, 0.25) is 0 Å². The van der Waals surface area contributed by atoms with E-state index in [9.17, 15) is 10.1 Å². The van der Waals surface area contributed by atoms with Gasteiger partial charge in [-0.25, -0.2) is 0 Å². The summed E-state index contributed by atoms with van der Waals surface area (Å²) >= 11 is 5.00. The molecule has 0 saturated heterocycles. The Bertz CT molecular complexity index is 421. The van der Waals surface area contributed by atoms with Crippen LogP contribution in [-0.4, -0.2) is 16.6 Å². The summed E-state index contributed by atoms with van der Waals surface area (Å²) in [6.07, 6.45) is 0. The fraction of sp³-hybridized carbons (Fsp3) is 0.300. The number of hydrogen-bond acceptors (Lipinski definition) is 3. The van der Waals surface area contributed by atoms with Crippen molar-refractivity contribution < 1.29 is 4.92 Å². The maximum atomic E-state index is 10.8. The smallest absolute Gasteiger partial charge is 0.293 e. The predicted octanol–water partition coefficient (Wildman–Crippen LogP) is 2.21. The second kappa shape index (κ2) is 5.41. The number of hydrogen-bond donors (Lipinski definition) is 2. The Labute approximate surface area is 99.0 Å². The van der Waals surface area contributed by atoms with Crippen LogP contribution >= 0.6 is 12.2 Å². The molecule has 0 heterocycles. The second-order valence-electron chi connectivity index (χ2n) is 3.21. The summed E-state index contributed by atoms with van der Waals surface area (Å²) in [6.45, 7) is 4.37. The van der Waals surface area contributed by atoms with Crippen LogP contribution in [0.4, 0.5) is 11.4 Å². The summed E-state index contributed by atoms with van der Waals surface area (Å²) in [6, 6.07) is 4.89. The van der Waals surface area contributed by atoms with Crippen LogP contribution in [0, 0.1) is 17.0 Å². The summed E-state index contributed by atoms with van der Waals surface area (Å²) in [5.41, 5.74) is 1.26. The van der Waals surface area contributed by atoms with Crippen LogP contribution in [0.15, 0.2) is 18.2 Å². The monoisotopic (exact) mass is 239 g/mol. The number of nitro benzene ring substituents is 1. The van der Waals surface area contributed by atoms with Crippen LogP contribution in [0.3, 0.4) is 0 Å². The van der Waals surface area contributed by atoms with Crippen LogP contribution in [0.1, 0.15) is 12.5 Å². The Balaban J connectivity index is 3.01. The average molecular weight is 239 g/mol. The van der Waals surface area contributed by atoms with Crippen molar-refractivity contribution in [1.29, 1.82) is 0 Å². The first-order chi connectivity index (χ1) is 7.56. The number of anilines is 1. The molecule has 1 aromatic rings. The Morgan fingerprint density at radius 1 is 1.56 bits per heavy atom. The van der Waals surface area contributed by atoms with E-state index >= 15 is 0 Å². The van der Waals surface area contributed by atoms with Gasteiger partial charge >= 0.3 is 0 Å². The molecular formula is C10H13N3O2S. The second-order valence-corrected chi connectivity index (χ2v) is 3.62. The third-order valence-corrected chi connectivity index (χ3v) is 2.27. The molecule has 0 aromatic heterocycles. The van der Waals surface area contributed by atoms with Crippen molar-refractivity contribution in [2.45, 2.75) is 13.8 Å². The Kier molecular flexibility index (Phi) is 4.19. The lowest BCUT2D eigenvalue weighted by atomic mass is 10.1. The van der Waals surface area contributed by atoms with E-state index in [1.54, 1.807) is 19.1 Å². The van der Waals surface area contributed by atoms with Gasteiger partial charge in [-0.1, -0.05) is 12.1 Å². The first-order valence-corrected chi connectivity index (χ1v) is 5.26. The molecule has 0 atom stereocenters. The number of thiocarbonyl (C=S) groups is 1. The molecule has 0 amide bonds. The van der Waals surface area contributed by atoms with Gasteiger partial charge in [-0.3, -0.25) is 10.1 Å². The SMILES string of the molecule is CCNC(=S)Nc1c(C)cccc1[N+](=O)[O-]. The van der Waals surface area contributed by atoms with E-state index < -0.39 is 4.92 Å². The molecule has 0 spiro atoms. The molecule has 2 N–H and O–H groups in total. The highest BCUT2D eigenvalue weighted by molar-refractivity contribution is 7.80. The average Bonchev–Trinajstić information content (AvgIpc) is 2.21. The zero-order valence-electron chi connectivity index (χ0n) is 9.11. The molecule has 1 rings (SSSR count). The molecule has 0 radical (unpaired) electrons. The standard InChI is InChI=1S/C10H13N3O2S/c1-3-11-10(16)12-9-7(2)5-4-6-8(9)13(14)15/h4-6H,3H2,1-2H3,(H2,11,12,16). The summed E-state index contributed by atoms with van der Waals surface area (Å²) in [5.74, 6) is 0. The Morgan fingerprint density at radius 2 is 2.25 bits per heavy atom. The lowest BCUT2D eigenvalue weighted by Gasteiger charge is -2.11. The van der Waals surface area contributed by atoms with Gasteiger partial charge in [0.25, 0.3) is 5.69 Å². The molecular weight excluding hydrogens is 226 g/mol. The van der Waals surface area contributed by atoms with Gasteiger partial charge in [0.15, 0.2) is 5.11 Å². The minimum absolute atomic E-state index is 0.0280. The first-order valence-electron chi connectivity index (χ1n) is 4.85. The van der Waals surface area contributed by atoms with Crippen LogP contribution < -0.4 is 10.6 Å². The van der Waals surface area contributed by atoms with Gasteiger partial charge in [0.2, 0.25) is 0 Å². The number of nitrogens with zero attached hydrogens (tertiary/aromatic N) is 1. The molecule has 6 heteroatoms. The minimum atomic E-state index is -0.427. The van der Waals surface area contributed by atoms with Crippen LogP contribution in [0.25, 0.3) is 0 Å². The van der Waals surface area contributed by atoms with Crippen molar-refractivity contribution in [3.63, 3.8) is 0 Å². The van der Waals surface area contributed by atoms with Gasteiger partial charge in [0, 0.05) is 12.6 Å². The molecule has 86 valence electrons. The fourth-order valence-corrected chi connectivity index (χ4v) is 1.53. The number of nitro groups is 1. The zero-order chi connectivity index (χ0) is 12.1. The molecule has 1 aromatic carbocycles. The normalized spacial score (nSPS) is 9.62.